The third-order valence-electron chi connectivity index (χ3n) is 2.24. The van der Waals surface area contributed by atoms with Gasteiger partial charge in [-0.2, -0.15) is 0 Å². The van der Waals surface area contributed by atoms with Gasteiger partial charge < -0.3 is 10.5 Å². The minimum absolute atomic E-state index is 0.0394. The van der Waals surface area contributed by atoms with Gasteiger partial charge in [-0.05, 0) is 17.5 Å². The van der Waals surface area contributed by atoms with E-state index in [9.17, 15) is 4.39 Å². The van der Waals surface area contributed by atoms with E-state index in [0.29, 0.717) is 11.4 Å². The predicted octanol–water partition coefficient (Wildman–Crippen LogP) is 3.03. The molecule has 0 aliphatic heterocycles. The van der Waals surface area contributed by atoms with Crippen molar-refractivity contribution >= 4 is 5.69 Å². The first-order valence-electron chi connectivity index (χ1n) is 5.02. The molecule has 0 bridgehead atoms. The molecule has 0 aliphatic rings. The van der Waals surface area contributed by atoms with E-state index in [4.69, 9.17) is 10.5 Å². The summed E-state index contributed by atoms with van der Waals surface area (Å²) in [5.74, 6) is 0.546. The Balaban J connectivity index is 2.55. The van der Waals surface area contributed by atoms with Gasteiger partial charge in [0.25, 0.3) is 0 Å². The summed E-state index contributed by atoms with van der Waals surface area (Å²) in [5.41, 5.74) is 5.81. The lowest BCUT2D eigenvalue weighted by molar-refractivity contribution is 0.0987. The van der Waals surface area contributed by atoms with Crippen molar-refractivity contribution in [3.63, 3.8) is 0 Å². The lowest BCUT2D eigenvalue weighted by Gasteiger charge is -2.23. The monoisotopic (exact) mass is 211 g/mol. The molecule has 1 atom stereocenters. The number of halogens is 1. The topological polar surface area (TPSA) is 35.2 Å². The molecule has 1 aromatic rings. The maximum absolute atomic E-state index is 13.6. The largest absolute Gasteiger partial charge is 0.488 e. The number of para-hydroxylation sites is 2. The first kappa shape index (κ1) is 11.8. The molecule has 1 rings (SSSR count). The van der Waals surface area contributed by atoms with Crippen LogP contribution in [0.4, 0.5) is 10.1 Å². The fraction of sp³-hybridized carbons (Fsp3) is 0.500. The Hall–Kier alpha value is -1.25. The number of ether oxygens (including phenoxy) is 1. The molecular formula is C12H18FNO. The molecule has 2 N–H and O–H groups in total. The SMILES string of the molecule is CC(C)(C)[C@@H](F)COc1ccccc1N. The Labute approximate surface area is 90.2 Å². The highest BCUT2D eigenvalue weighted by Crippen LogP contribution is 2.25. The smallest absolute Gasteiger partial charge is 0.142 e. The van der Waals surface area contributed by atoms with Gasteiger partial charge in [0, 0.05) is 0 Å². The third-order valence-corrected chi connectivity index (χ3v) is 2.24. The molecule has 0 spiro atoms. The van der Waals surface area contributed by atoms with E-state index in [1.54, 1.807) is 12.1 Å². The van der Waals surface area contributed by atoms with Gasteiger partial charge in [-0.1, -0.05) is 32.9 Å². The molecule has 0 aliphatic carbocycles. The molecule has 0 saturated carbocycles. The van der Waals surface area contributed by atoms with E-state index in [1.807, 2.05) is 32.9 Å². The van der Waals surface area contributed by atoms with Crippen molar-refractivity contribution in [3.8, 4) is 5.75 Å². The summed E-state index contributed by atoms with van der Waals surface area (Å²) < 4.78 is 18.9. The summed E-state index contributed by atoms with van der Waals surface area (Å²) in [6, 6.07) is 7.11. The van der Waals surface area contributed by atoms with Crippen LogP contribution in [0.15, 0.2) is 24.3 Å². The second-order valence-electron chi connectivity index (χ2n) is 4.68. The standard InChI is InChI=1S/C12H18FNO/c1-12(2,3)11(13)8-15-10-7-5-4-6-9(10)14/h4-7,11H,8,14H2,1-3H3/t11-/m0/s1. The highest BCUT2D eigenvalue weighted by molar-refractivity contribution is 5.51. The lowest BCUT2D eigenvalue weighted by atomic mass is 9.91. The van der Waals surface area contributed by atoms with Crippen molar-refractivity contribution in [2.75, 3.05) is 12.3 Å². The summed E-state index contributed by atoms with van der Waals surface area (Å²) in [4.78, 5) is 0. The van der Waals surface area contributed by atoms with E-state index >= 15 is 0 Å². The van der Waals surface area contributed by atoms with E-state index in [2.05, 4.69) is 0 Å². The molecule has 84 valence electrons. The van der Waals surface area contributed by atoms with Gasteiger partial charge in [-0.3, -0.25) is 0 Å². The zero-order valence-electron chi connectivity index (χ0n) is 9.46. The molecule has 2 nitrogen and oxygen atoms in total. The zero-order chi connectivity index (χ0) is 11.5. The summed E-state index contributed by atoms with van der Waals surface area (Å²) in [6.45, 7) is 5.57. The van der Waals surface area contributed by atoms with Gasteiger partial charge in [0.15, 0.2) is 0 Å². The number of anilines is 1. The number of nitrogens with two attached hydrogens (primary N) is 1. The van der Waals surface area contributed by atoms with Gasteiger partial charge in [0.05, 0.1) is 5.69 Å². The van der Waals surface area contributed by atoms with Gasteiger partial charge in [0.2, 0.25) is 0 Å². The van der Waals surface area contributed by atoms with Crippen LogP contribution in [0, 0.1) is 5.41 Å². The maximum atomic E-state index is 13.6. The van der Waals surface area contributed by atoms with E-state index in [-0.39, 0.29) is 6.61 Å². The van der Waals surface area contributed by atoms with Crippen LogP contribution in [0.2, 0.25) is 0 Å². The first-order chi connectivity index (χ1) is 6.91. The molecule has 0 heterocycles. The first-order valence-corrected chi connectivity index (χ1v) is 5.02. The molecule has 3 heteroatoms. The zero-order valence-corrected chi connectivity index (χ0v) is 9.46. The summed E-state index contributed by atoms with van der Waals surface area (Å²) in [6.07, 6.45) is -1.00. The molecule has 0 amide bonds. The van der Waals surface area contributed by atoms with Crippen LogP contribution in [0.5, 0.6) is 5.75 Å². The maximum Gasteiger partial charge on any atom is 0.142 e. The second-order valence-corrected chi connectivity index (χ2v) is 4.68. The van der Waals surface area contributed by atoms with Crippen LogP contribution in [-0.2, 0) is 0 Å². The Morgan fingerprint density at radius 3 is 2.47 bits per heavy atom. The molecule has 0 fully saturated rings. The Morgan fingerprint density at radius 2 is 1.93 bits per heavy atom. The highest BCUT2D eigenvalue weighted by atomic mass is 19.1. The fourth-order valence-corrected chi connectivity index (χ4v) is 1.02. The number of benzene rings is 1. The number of rotatable bonds is 3. The quantitative estimate of drug-likeness (QED) is 0.780. The van der Waals surface area contributed by atoms with Crippen LogP contribution in [0.25, 0.3) is 0 Å². The summed E-state index contributed by atoms with van der Waals surface area (Å²) in [5, 5.41) is 0. The molecular weight excluding hydrogens is 193 g/mol. The average Bonchev–Trinajstić information content (AvgIpc) is 2.14. The van der Waals surface area contributed by atoms with Crippen molar-refractivity contribution in [2.24, 2.45) is 5.41 Å². The fourth-order valence-electron chi connectivity index (χ4n) is 1.02. The van der Waals surface area contributed by atoms with Gasteiger partial charge in [0.1, 0.15) is 18.5 Å². The lowest BCUT2D eigenvalue weighted by Crippen LogP contribution is -2.28. The molecule has 0 radical (unpaired) electrons. The molecule has 0 saturated heterocycles. The molecule has 1 aromatic carbocycles. The molecule has 15 heavy (non-hydrogen) atoms. The molecule has 0 unspecified atom stereocenters. The van der Waals surface area contributed by atoms with Crippen molar-refractivity contribution < 1.29 is 9.13 Å². The van der Waals surface area contributed by atoms with Crippen molar-refractivity contribution in [2.45, 2.75) is 26.9 Å². The van der Waals surface area contributed by atoms with Gasteiger partial charge in [-0.15, -0.1) is 0 Å². The van der Waals surface area contributed by atoms with Crippen LogP contribution in [0.3, 0.4) is 0 Å². The number of hydrogen-bond acceptors (Lipinski definition) is 2. The van der Waals surface area contributed by atoms with Crippen molar-refractivity contribution in [1.29, 1.82) is 0 Å². The Bertz CT molecular complexity index is 320. The van der Waals surface area contributed by atoms with Gasteiger partial charge in [-0.25, -0.2) is 4.39 Å². The van der Waals surface area contributed by atoms with Gasteiger partial charge >= 0.3 is 0 Å². The Morgan fingerprint density at radius 1 is 1.33 bits per heavy atom. The van der Waals surface area contributed by atoms with E-state index in [0.717, 1.165) is 0 Å². The minimum atomic E-state index is -1.00. The molecule has 0 aromatic heterocycles. The number of hydrogen-bond donors (Lipinski definition) is 1. The predicted molar refractivity (Wildman–Crippen MR) is 60.7 cm³/mol. The van der Waals surface area contributed by atoms with Crippen LogP contribution in [-0.4, -0.2) is 12.8 Å². The summed E-state index contributed by atoms with van der Waals surface area (Å²) >= 11 is 0. The second kappa shape index (κ2) is 4.51. The summed E-state index contributed by atoms with van der Waals surface area (Å²) in [7, 11) is 0. The van der Waals surface area contributed by atoms with Crippen LogP contribution < -0.4 is 10.5 Å². The Kier molecular flexibility index (Phi) is 3.56. The van der Waals surface area contributed by atoms with E-state index < -0.39 is 11.6 Å². The van der Waals surface area contributed by atoms with Crippen LogP contribution in [0.1, 0.15) is 20.8 Å². The third kappa shape index (κ3) is 3.42. The number of nitrogen functional groups attached to an aromatic ring is 1. The van der Waals surface area contributed by atoms with Crippen molar-refractivity contribution in [3.05, 3.63) is 24.3 Å². The van der Waals surface area contributed by atoms with E-state index in [1.165, 1.54) is 0 Å². The van der Waals surface area contributed by atoms with Crippen LogP contribution >= 0.6 is 0 Å². The number of alkyl halides is 1. The normalized spacial score (nSPS) is 13.6. The minimum Gasteiger partial charge on any atom is -0.488 e. The highest BCUT2D eigenvalue weighted by Gasteiger charge is 2.24. The average molecular weight is 211 g/mol. The van der Waals surface area contributed by atoms with Crippen molar-refractivity contribution in [1.82, 2.24) is 0 Å².